The van der Waals surface area contributed by atoms with Gasteiger partial charge in [0.25, 0.3) is 0 Å². The lowest BCUT2D eigenvalue weighted by Crippen LogP contribution is -1.99. The van der Waals surface area contributed by atoms with Gasteiger partial charge in [0, 0.05) is 27.7 Å². The molecule has 3 rings (SSSR count). The predicted molar refractivity (Wildman–Crippen MR) is 90.1 cm³/mol. The van der Waals surface area contributed by atoms with Crippen LogP contribution in [0.3, 0.4) is 0 Å². The maximum absolute atomic E-state index is 14.5. The van der Waals surface area contributed by atoms with Crippen molar-refractivity contribution in [2.75, 3.05) is 0 Å². The molecule has 2 N–H and O–H groups in total. The minimum absolute atomic E-state index is 0.248. The molecule has 0 radical (unpaired) electrons. The molecule has 1 aromatic heterocycles. The Hall–Kier alpha value is -1.75. The topological polar surface area (TPSA) is 53.1 Å². The molecule has 0 aliphatic heterocycles. The molecule has 0 fully saturated rings. The fourth-order valence-corrected chi connectivity index (χ4v) is 3.58. The minimum atomic E-state index is -1.03. The van der Waals surface area contributed by atoms with Gasteiger partial charge in [-0.05, 0) is 35.4 Å². The van der Waals surface area contributed by atoms with Gasteiger partial charge in [-0.2, -0.15) is 0 Å². The summed E-state index contributed by atoms with van der Waals surface area (Å²) in [5, 5.41) is 10.1. The van der Waals surface area contributed by atoms with E-state index < -0.39 is 11.8 Å². The number of aromatic nitrogens is 1. The predicted octanol–water partition coefficient (Wildman–Crippen LogP) is 5.56. The van der Waals surface area contributed by atoms with Crippen LogP contribution in [-0.4, -0.2) is 16.1 Å². The van der Waals surface area contributed by atoms with Crippen molar-refractivity contribution in [2.45, 2.75) is 6.42 Å². The standard InChI is InChI=1S/C16H9Cl3FNO2/c17-9-4-10(18)15(11(19)5-9)7-1-12(20)16-8(3-14(22)23)6-21-13(16)2-7/h1-2,4-6,21H,3H2,(H,22,23). The monoisotopic (exact) mass is 371 g/mol. The maximum atomic E-state index is 14.5. The van der Waals surface area contributed by atoms with E-state index in [0.29, 0.717) is 37.3 Å². The number of halogens is 4. The molecule has 3 nitrogen and oxygen atoms in total. The molecule has 0 amide bonds. The number of carboxylic acid groups (broad SMARTS) is 1. The maximum Gasteiger partial charge on any atom is 0.307 e. The summed E-state index contributed by atoms with van der Waals surface area (Å²) in [6.45, 7) is 0. The summed E-state index contributed by atoms with van der Waals surface area (Å²) in [5.41, 5.74) is 1.79. The number of carboxylic acids is 1. The molecule has 23 heavy (non-hydrogen) atoms. The van der Waals surface area contributed by atoms with Crippen molar-refractivity contribution in [2.24, 2.45) is 0 Å². The number of benzene rings is 2. The van der Waals surface area contributed by atoms with Crippen molar-refractivity contribution in [1.82, 2.24) is 4.98 Å². The first-order valence-corrected chi connectivity index (χ1v) is 7.66. The largest absolute Gasteiger partial charge is 0.481 e. The first-order chi connectivity index (χ1) is 10.9. The van der Waals surface area contributed by atoms with E-state index in [1.807, 2.05) is 0 Å². The van der Waals surface area contributed by atoms with Crippen molar-refractivity contribution in [3.63, 3.8) is 0 Å². The van der Waals surface area contributed by atoms with Crippen LogP contribution in [0.5, 0.6) is 0 Å². The SMILES string of the molecule is O=C(O)Cc1c[nH]c2cc(-c3c(Cl)cc(Cl)cc3Cl)cc(F)c12. The highest BCUT2D eigenvalue weighted by atomic mass is 35.5. The summed E-state index contributed by atoms with van der Waals surface area (Å²) in [4.78, 5) is 13.7. The number of hydrogen-bond donors (Lipinski definition) is 2. The summed E-state index contributed by atoms with van der Waals surface area (Å²) in [7, 11) is 0. The lowest BCUT2D eigenvalue weighted by atomic mass is 10.0. The molecule has 0 unspecified atom stereocenters. The Labute approximate surface area is 145 Å². The Morgan fingerprint density at radius 2 is 1.78 bits per heavy atom. The Morgan fingerprint density at radius 3 is 2.39 bits per heavy atom. The average molecular weight is 373 g/mol. The van der Waals surface area contributed by atoms with Gasteiger partial charge >= 0.3 is 5.97 Å². The molecule has 0 atom stereocenters. The molecule has 0 aliphatic carbocycles. The normalized spacial score (nSPS) is 11.1. The highest BCUT2D eigenvalue weighted by Gasteiger charge is 2.16. The summed E-state index contributed by atoms with van der Waals surface area (Å²) in [5.74, 6) is -1.57. The van der Waals surface area contributed by atoms with E-state index in [9.17, 15) is 9.18 Å². The second-order valence-electron chi connectivity index (χ2n) is 5.01. The molecule has 0 spiro atoms. The van der Waals surface area contributed by atoms with Crippen molar-refractivity contribution in [1.29, 1.82) is 0 Å². The Balaban J connectivity index is 2.20. The van der Waals surface area contributed by atoms with Crippen molar-refractivity contribution in [3.8, 4) is 11.1 Å². The number of hydrogen-bond acceptors (Lipinski definition) is 1. The van der Waals surface area contributed by atoms with E-state index in [1.54, 1.807) is 6.07 Å². The fourth-order valence-electron chi connectivity index (χ4n) is 2.55. The van der Waals surface area contributed by atoms with E-state index in [4.69, 9.17) is 39.9 Å². The van der Waals surface area contributed by atoms with Crippen LogP contribution >= 0.6 is 34.8 Å². The van der Waals surface area contributed by atoms with Gasteiger partial charge in [0.2, 0.25) is 0 Å². The molecule has 2 aromatic carbocycles. The smallest absolute Gasteiger partial charge is 0.307 e. The zero-order chi connectivity index (χ0) is 16.7. The van der Waals surface area contributed by atoms with Crippen molar-refractivity contribution in [3.05, 3.63) is 56.9 Å². The van der Waals surface area contributed by atoms with E-state index in [1.165, 1.54) is 24.4 Å². The second kappa shape index (κ2) is 6.04. The Morgan fingerprint density at radius 1 is 1.13 bits per heavy atom. The van der Waals surface area contributed by atoms with Crippen LogP contribution in [0.2, 0.25) is 15.1 Å². The summed E-state index contributed by atoms with van der Waals surface area (Å²) >= 11 is 18.2. The van der Waals surface area contributed by atoms with Crippen LogP contribution in [0.1, 0.15) is 5.56 Å². The Bertz CT molecular complexity index is 913. The lowest BCUT2D eigenvalue weighted by molar-refractivity contribution is -0.136. The number of aliphatic carboxylic acids is 1. The summed E-state index contributed by atoms with van der Waals surface area (Å²) in [6, 6.07) is 6.00. The number of H-pyrrole nitrogens is 1. The molecule has 0 saturated carbocycles. The van der Waals surface area contributed by atoms with Crippen LogP contribution in [0.4, 0.5) is 4.39 Å². The van der Waals surface area contributed by atoms with Crippen molar-refractivity contribution >= 4 is 51.7 Å². The van der Waals surface area contributed by atoms with Gasteiger partial charge in [-0.25, -0.2) is 4.39 Å². The molecule has 7 heteroatoms. The lowest BCUT2D eigenvalue weighted by Gasteiger charge is -2.09. The molecule has 0 saturated heterocycles. The van der Waals surface area contributed by atoms with Gasteiger partial charge in [0.15, 0.2) is 0 Å². The van der Waals surface area contributed by atoms with Crippen LogP contribution in [-0.2, 0) is 11.2 Å². The van der Waals surface area contributed by atoms with Crippen LogP contribution in [0.15, 0.2) is 30.5 Å². The van der Waals surface area contributed by atoms with Crippen LogP contribution in [0, 0.1) is 5.82 Å². The average Bonchev–Trinajstić information content (AvgIpc) is 2.80. The van der Waals surface area contributed by atoms with E-state index in [2.05, 4.69) is 4.98 Å². The third-order valence-electron chi connectivity index (χ3n) is 3.45. The molecular formula is C16H9Cl3FNO2. The molecular weight excluding hydrogens is 364 g/mol. The molecule has 0 bridgehead atoms. The second-order valence-corrected chi connectivity index (χ2v) is 6.26. The van der Waals surface area contributed by atoms with E-state index in [-0.39, 0.29) is 11.8 Å². The molecule has 3 aromatic rings. The Kier molecular flexibility index (Phi) is 4.23. The van der Waals surface area contributed by atoms with Gasteiger partial charge < -0.3 is 10.1 Å². The van der Waals surface area contributed by atoms with Crippen LogP contribution < -0.4 is 0 Å². The molecule has 0 aliphatic rings. The number of fused-ring (bicyclic) bond motifs is 1. The number of carbonyl (C=O) groups is 1. The highest BCUT2D eigenvalue weighted by Crippen LogP contribution is 2.39. The van der Waals surface area contributed by atoms with Crippen molar-refractivity contribution < 1.29 is 14.3 Å². The zero-order valence-corrected chi connectivity index (χ0v) is 13.7. The van der Waals surface area contributed by atoms with E-state index in [0.717, 1.165) is 0 Å². The van der Waals surface area contributed by atoms with Gasteiger partial charge in [0.05, 0.1) is 16.5 Å². The molecule has 118 valence electrons. The summed E-state index contributed by atoms with van der Waals surface area (Å²) < 4.78 is 14.5. The summed E-state index contributed by atoms with van der Waals surface area (Å²) in [6.07, 6.45) is 1.22. The number of rotatable bonds is 3. The third-order valence-corrected chi connectivity index (χ3v) is 4.26. The number of aromatic amines is 1. The first-order valence-electron chi connectivity index (χ1n) is 6.53. The third kappa shape index (κ3) is 3.02. The first kappa shape index (κ1) is 16.1. The van der Waals surface area contributed by atoms with Crippen LogP contribution in [0.25, 0.3) is 22.0 Å². The van der Waals surface area contributed by atoms with Gasteiger partial charge in [0.1, 0.15) is 5.82 Å². The molecule has 1 heterocycles. The quantitative estimate of drug-likeness (QED) is 0.632. The zero-order valence-electron chi connectivity index (χ0n) is 11.5. The fraction of sp³-hybridized carbons (Fsp3) is 0.0625. The van der Waals surface area contributed by atoms with Gasteiger partial charge in [-0.15, -0.1) is 0 Å². The highest BCUT2D eigenvalue weighted by molar-refractivity contribution is 6.41. The minimum Gasteiger partial charge on any atom is -0.481 e. The van der Waals surface area contributed by atoms with E-state index >= 15 is 0 Å². The van der Waals surface area contributed by atoms with Gasteiger partial charge in [-0.1, -0.05) is 34.8 Å². The number of nitrogens with one attached hydrogen (secondary N) is 1. The van der Waals surface area contributed by atoms with Gasteiger partial charge in [-0.3, -0.25) is 4.79 Å².